The SMILES string of the molecule is O=C(Cc1ccc(F)cc1)N(Cc1cccnc1)c1ccccc1. The third kappa shape index (κ3) is 4.04. The van der Waals surface area contributed by atoms with Gasteiger partial charge < -0.3 is 4.90 Å². The van der Waals surface area contributed by atoms with E-state index in [4.69, 9.17) is 0 Å². The van der Waals surface area contributed by atoms with Gasteiger partial charge >= 0.3 is 0 Å². The lowest BCUT2D eigenvalue weighted by molar-refractivity contribution is -0.118. The Hall–Kier alpha value is -3.01. The molecule has 0 saturated heterocycles. The monoisotopic (exact) mass is 320 g/mol. The van der Waals surface area contributed by atoms with Crippen LogP contribution in [-0.4, -0.2) is 10.9 Å². The fraction of sp³-hybridized carbons (Fsp3) is 0.100. The highest BCUT2D eigenvalue weighted by molar-refractivity contribution is 5.94. The number of hydrogen-bond donors (Lipinski definition) is 0. The van der Waals surface area contributed by atoms with Crippen molar-refractivity contribution in [2.24, 2.45) is 0 Å². The first-order valence-electron chi connectivity index (χ1n) is 7.71. The van der Waals surface area contributed by atoms with Gasteiger partial charge in [0.05, 0.1) is 13.0 Å². The predicted octanol–water partition coefficient (Wildman–Crippen LogP) is 4.00. The van der Waals surface area contributed by atoms with E-state index in [0.29, 0.717) is 6.54 Å². The summed E-state index contributed by atoms with van der Waals surface area (Å²) in [6.07, 6.45) is 3.67. The Balaban J connectivity index is 1.83. The molecule has 2 aromatic carbocycles. The third-order valence-electron chi connectivity index (χ3n) is 3.70. The molecule has 1 heterocycles. The smallest absolute Gasteiger partial charge is 0.231 e. The zero-order chi connectivity index (χ0) is 16.8. The lowest BCUT2D eigenvalue weighted by atomic mass is 10.1. The summed E-state index contributed by atoms with van der Waals surface area (Å²) >= 11 is 0. The van der Waals surface area contributed by atoms with Crippen molar-refractivity contribution in [1.82, 2.24) is 4.98 Å². The summed E-state index contributed by atoms with van der Waals surface area (Å²) in [7, 11) is 0. The molecule has 4 heteroatoms. The van der Waals surface area contributed by atoms with Gasteiger partial charge in [-0.05, 0) is 41.5 Å². The number of pyridine rings is 1. The van der Waals surface area contributed by atoms with Crippen LogP contribution in [0.25, 0.3) is 0 Å². The van der Waals surface area contributed by atoms with E-state index >= 15 is 0 Å². The third-order valence-corrected chi connectivity index (χ3v) is 3.70. The Morgan fingerprint density at radius 2 is 1.67 bits per heavy atom. The summed E-state index contributed by atoms with van der Waals surface area (Å²) < 4.78 is 13.0. The van der Waals surface area contributed by atoms with Crippen molar-refractivity contribution in [1.29, 1.82) is 0 Å². The molecule has 24 heavy (non-hydrogen) atoms. The van der Waals surface area contributed by atoms with E-state index in [-0.39, 0.29) is 18.1 Å². The van der Waals surface area contributed by atoms with Crippen LogP contribution in [0, 0.1) is 5.82 Å². The highest BCUT2D eigenvalue weighted by atomic mass is 19.1. The molecular weight excluding hydrogens is 303 g/mol. The van der Waals surface area contributed by atoms with Gasteiger partial charge in [0, 0.05) is 18.1 Å². The number of nitrogens with zero attached hydrogens (tertiary/aromatic N) is 2. The van der Waals surface area contributed by atoms with Gasteiger partial charge in [0.2, 0.25) is 5.91 Å². The van der Waals surface area contributed by atoms with Gasteiger partial charge in [0.1, 0.15) is 5.82 Å². The number of aromatic nitrogens is 1. The molecule has 0 spiro atoms. The number of carbonyl (C=O) groups is 1. The van der Waals surface area contributed by atoms with Crippen molar-refractivity contribution in [2.45, 2.75) is 13.0 Å². The molecule has 0 aliphatic carbocycles. The Morgan fingerprint density at radius 1 is 0.917 bits per heavy atom. The summed E-state index contributed by atoms with van der Waals surface area (Å²) in [4.78, 5) is 18.6. The van der Waals surface area contributed by atoms with Crippen LogP contribution >= 0.6 is 0 Å². The summed E-state index contributed by atoms with van der Waals surface area (Å²) in [5.41, 5.74) is 2.57. The van der Waals surface area contributed by atoms with Crippen molar-refractivity contribution in [3.05, 3.63) is 96.1 Å². The van der Waals surface area contributed by atoms with Gasteiger partial charge in [-0.2, -0.15) is 0 Å². The molecule has 0 saturated carbocycles. The summed E-state index contributed by atoms with van der Waals surface area (Å²) in [5, 5.41) is 0. The Morgan fingerprint density at radius 3 is 2.33 bits per heavy atom. The molecule has 0 bridgehead atoms. The molecule has 0 atom stereocenters. The van der Waals surface area contributed by atoms with Crippen LogP contribution in [-0.2, 0) is 17.8 Å². The molecule has 3 nitrogen and oxygen atoms in total. The molecule has 0 N–H and O–H groups in total. The van der Waals surface area contributed by atoms with Crippen LogP contribution < -0.4 is 4.90 Å². The molecule has 0 fully saturated rings. The molecule has 0 aliphatic rings. The van der Waals surface area contributed by atoms with Gasteiger partial charge in [0.15, 0.2) is 0 Å². The molecule has 3 rings (SSSR count). The predicted molar refractivity (Wildman–Crippen MR) is 92.0 cm³/mol. The van der Waals surface area contributed by atoms with E-state index in [1.807, 2.05) is 42.5 Å². The molecule has 120 valence electrons. The van der Waals surface area contributed by atoms with Crippen molar-refractivity contribution >= 4 is 11.6 Å². The molecule has 3 aromatic rings. The first kappa shape index (κ1) is 15.9. The second-order valence-corrected chi connectivity index (χ2v) is 5.48. The first-order chi connectivity index (χ1) is 11.7. The van der Waals surface area contributed by atoms with Crippen molar-refractivity contribution in [2.75, 3.05) is 4.90 Å². The minimum absolute atomic E-state index is 0.0448. The number of carbonyl (C=O) groups excluding carboxylic acids is 1. The van der Waals surface area contributed by atoms with Gasteiger partial charge in [-0.15, -0.1) is 0 Å². The second-order valence-electron chi connectivity index (χ2n) is 5.48. The second kappa shape index (κ2) is 7.51. The van der Waals surface area contributed by atoms with E-state index in [2.05, 4.69) is 4.98 Å². The average Bonchev–Trinajstić information content (AvgIpc) is 2.63. The van der Waals surface area contributed by atoms with E-state index in [0.717, 1.165) is 16.8 Å². The maximum atomic E-state index is 13.0. The quantitative estimate of drug-likeness (QED) is 0.712. The molecule has 0 unspecified atom stereocenters. The number of benzene rings is 2. The zero-order valence-corrected chi connectivity index (χ0v) is 13.1. The van der Waals surface area contributed by atoms with E-state index in [1.54, 1.807) is 29.4 Å². The normalized spacial score (nSPS) is 10.4. The first-order valence-corrected chi connectivity index (χ1v) is 7.71. The van der Waals surface area contributed by atoms with Crippen molar-refractivity contribution in [3.63, 3.8) is 0 Å². The van der Waals surface area contributed by atoms with Crippen LogP contribution in [0.4, 0.5) is 10.1 Å². The van der Waals surface area contributed by atoms with Gasteiger partial charge in [-0.1, -0.05) is 36.4 Å². The fourth-order valence-electron chi connectivity index (χ4n) is 2.48. The number of rotatable bonds is 5. The summed E-state index contributed by atoms with van der Waals surface area (Å²) in [5.74, 6) is -0.349. The Bertz CT molecular complexity index is 789. The summed E-state index contributed by atoms with van der Waals surface area (Å²) in [6.45, 7) is 0.442. The Kier molecular flexibility index (Phi) is 4.96. The average molecular weight is 320 g/mol. The number of anilines is 1. The van der Waals surface area contributed by atoms with E-state index < -0.39 is 0 Å². The lowest BCUT2D eigenvalue weighted by Gasteiger charge is -2.23. The lowest BCUT2D eigenvalue weighted by Crippen LogP contribution is -2.31. The standard InChI is InChI=1S/C20H17FN2O/c21-18-10-8-16(9-11-18)13-20(24)23(19-6-2-1-3-7-19)15-17-5-4-12-22-14-17/h1-12,14H,13,15H2. The van der Waals surface area contributed by atoms with Crippen LogP contribution in [0.2, 0.25) is 0 Å². The minimum atomic E-state index is -0.304. The van der Waals surface area contributed by atoms with Crippen LogP contribution in [0.3, 0.4) is 0 Å². The topological polar surface area (TPSA) is 33.2 Å². The fourth-order valence-corrected chi connectivity index (χ4v) is 2.48. The van der Waals surface area contributed by atoms with Crippen LogP contribution in [0.1, 0.15) is 11.1 Å². The molecule has 0 aliphatic heterocycles. The minimum Gasteiger partial charge on any atom is -0.308 e. The van der Waals surface area contributed by atoms with E-state index in [1.165, 1.54) is 12.1 Å². The number of hydrogen-bond acceptors (Lipinski definition) is 2. The highest BCUT2D eigenvalue weighted by Gasteiger charge is 2.16. The molecule has 0 radical (unpaired) electrons. The zero-order valence-electron chi connectivity index (χ0n) is 13.1. The van der Waals surface area contributed by atoms with Crippen LogP contribution in [0.15, 0.2) is 79.1 Å². The van der Waals surface area contributed by atoms with Crippen molar-refractivity contribution < 1.29 is 9.18 Å². The Labute approximate surface area is 140 Å². The molecular formula is C20H17FN2O. The summed E-state index contributed by atoms with van der Waals surface area (Å²) in [6, 6.07) is 19.3. The molecule has 1 amide bonds. The maximum absolute atomic E-state index is 13.0. The number of halogens is 1. The number of amides is 1. The highest BCUT2D eigenvalue weighted by Crippen LogP contribution is 2.18. The van der Waals surface area contributed by atoms with Gasteiger partial charge in [-0.3, -0.25) is 9.78 Å². The van der Waals surface area contributed by atoms with Crippen LogP contribution in [0.5, 0.6) is 0 Å². The van der Waals surface area contributed by atoms with Crippen molar-refractivity contribution in [3.8, 4) is 0 Å². The maximum Gasteiger partial charge on any atom is 0.231 e. The van der Waals surface area contributed by atoms with E-state index in [9.17, 15) is 9.18 Å². The van der Waals surface area contributed by atoms with Gasteiger partial charge in [0.25, 0.3) is 0 Å². The molecule has 1 aromatic heterocycles. The van der Waals surface area contributed by atoms with Gasteiger partial charge in [-0.25, -0.2) is 4.39 Å². The largest absolute Gasteiger partial charge is 0.308 e. The number of para-hydroxylation sites is 1.